The van der Waals surface area contributed by atoms with Gasteiger partial charge in [0.1, 0.15) is 0 Å². The molecule has 0 radical (unpaired) electrons. The monoisotopic (exact) mass is 207 g/mol. The van der Waals surface area contributed by atoms with Gasteiger partial charge in [0.05, 0.1) is 0 Å². The molecule has 0 amide bonds. The van der Waals surface area contributed by atoms with Crippen molar-refractivity contribution >= 4 is 0 Å². The molecule has 3 fully saturated rings. The van der Waals surface area contributed by atoms with Crippen LogP contribution in [-0.4, -0.2) is 23.0 Å². The van der Waals surface area contributed by atoms with Crippen molar-refractivity contribution < 1.29 is 0 Å². The van der Waals surface area contributed by atoms with Crippen LogP contribution in [0.2, 0.25) is 0 Å². The molecule has 1 heteroatoms. The van der Waals surface area contributed by atoms with Gasteiger partial charge in [-0.05, 0) is 38.5 Å². The zero-order valence-corrected chi connectivity index (χ0v) is 9.96. The fraction of sp³-hybridized carbons (Fsp3) is 1.00. The van der Waals surface area contributed by atoms with Gasteiger partial charge in [0.2, 0.25) is 0 Å². The lowest BCUT2D eigenvalue weighted by Crippen LogP contribution is -2.54. The van der Waals surface area contributed by atoms with E-state index in [0.29, 0.717) is 0 Å². The molecular formula is C14H25N. The standard InChI is InChI=1S/C14H25N/c1-2-6-12(7-3-1)15-13-8-4-9-14(15)11-5-10-13/h12-14H,1-11H2. The predicted molar refractivity (Wildman–Crippen MR) is 64.0 cm³/mol. The SMILES string of the molecule is C1CCC(N2C3CCCC2CCC3)CC1. The summed E-state index contributed by atoms with van der Waals surface area (Å²) in [5, 5.41) is 0. The van der Waals surface area contributed by atoms with Gasteiger partial charge in [-0.3, -0.25) is 4.90 Å². The summed E-state index contributed by atoms with van der Waals surface area (Å²) < 4.78 is 0. The first-order chi connectivity index (χ1) is 7.45. The minimum atomic E-state index is 0.981. The molecule has 2 heterocycles. The molecule has 1 nitrogen and oxygen atoms in total. The molecule has 2 saturated heterocycles. The van der Waals surface area contributed by atoms with Crippen LogP contribution in [0.5, 0.6) is 0 Å². The van der Waals surface area contributed by atoms with E-state index in [1.807, 2.05) is 0 Å². The third-order valence-corrected chi connectivity index (χ3v) is 4.99. The van der Waals surface area contributed by atoms with Gasteiger partial charge in [0.15, 0.2) is 0 Å². The van der Waals surface area contributed by atoms with E-state index < -0.39 is 0 Å². The molecule has 0 N–H and O–H groups in total. The molecule has 3 aliphatic rings. The maximum absolute atomic E-state index is 2.98. The summed E-state index contributed by atoms with van der Waals surface area (Å²) in [5.41, 5.74) is 0. The van der Waals surface area contributed by atoms with Crippen molar-refractivity contribution in [2.24, 2.45) is 0 Å². The molecule has 0 spiro atoms. The Morgan fingerprint density at radius 1 is 0.467 bits per heavy atom. The minimum absolute atomic E-state index is 0.981. The average Bonchev–Trinajstić information content (AvgIpc) is 2.29. The molecular weight excluding hydrogens is 182 g/mol. The quantitative estimate of drug-likeness (QED) is 0.633. The Morgan fingerprint density at radius 3 is 1.33 bits per heavy atom. The van der Waals surface area contributed by atoms with Crippen molar-refractivity contribution in [3.8, 4) is 0 Å². The van der Waals surface area contributed by atoms with Crippen LogP contribution in [0.1, 0.15) is 70.6 Å². The summed E-state index contributed by atoms with van der Waals surface area (Å²) in [6.45, 7) is 0. The summed E-state index contributed by atoms with van der Waals surface area (Å²) in [4.78, 5) is 2.98. The molecule has 0 aromatic heterocycles. The Kier molecular flexibility index (Phi) is 3.01. The average molecular weight is 207 g/mol. The van der Waals surface area contributed by atoms with Gasteiger partial charge < -0.3 is 0 Å². The van der Waals surface area contributed by atoms with E-state index >= 15 is 0 Å². The molecule has 0 unspecified atom stereocenters. The number of rotatable bonds is 1. The predicted octanol–water partition coefficient (Wildman–Crippen LogP) is 3.73. The highest BCUT2D eigenvalue weighted by Crippen LogP contribution is 2.38. The van der Waals surface area contributed by atoms with E-state index in [-0.39, 0.29) is 0 Å². The van der Waals surface area contributed by atoms with Gasteiger partial charge in [-0.15, -0.1) is 0 Å². The van der Waals surface area contributed by atoms with E-state index in [1.54, 1.807) is 0 Å². The van der Waals surface area contributed by atoms with Crippen molar-refractivity contribution in [2.75, 3.05) is 0 Å². The van der Waals surface area contributed by atoms with Crippen molar-refractivity contribution in [1.29, 1.82) is 0 Å². The maximum Gasteiger partial charge on any atom is 0.0101 e. The summed E-state index contributed by atoms with van der Waals surface area (Å²) >= 11 is 0. The lowest BCUT2D eigenvalue weighted by molar-refractivity contribution is -0.0106. The van der Waals surface area contributed by atoms with Crippen molar-refractivity contribution in [1.82, 2.24) is 4.90 Å². The van der Waals surface area contributed by atoms with E-state index in [2.05, 4.69) is 4.90 Å². The zero-order chi connectivity index (χ0) is 10.1. The Balaban J connectivity index is 1.71. The van der Waals surface area contributed by atoms with Gasteiger partial charge in [-0.2, -0.15) is 0 Å². The van der Waals surface area contributed by atoms with Gasteiger partial charge in [-0.25, -0.2) is 0 Å². The number of hydrogen-bond donors (Lipinski definition) is 0. The molecule has 0 aromatic carbocycles. The number of hydrogen-bond acceptors (Lipinski definition) is 1. The molecule has 1 aliphatic carbocycles. The van der Waals surface area contributed by atoms with Crippen LogP contribution in [0.3, 0.4) is 0 Å². The van der Waals surface area contributed by atoms with Crippen molar-refractivity contribution in [3.05, 3.63) is 0 Å². The molecule has 15 heavy (non-hydrogen) atoms. The molecule has 86 valence electrons. The molecule has 0 aromatic rings. The van der Waals surface area contributed by atoms with Crippen LogP contribution in [0, 0.1) is 0 Å². The third-order valence-electron chi connectivity index (χ3n) is 4.99. The van der Waals surface area contributed by atoms with Crippen LogP contribution in [-0.2, 0) is 0 Å². The normalized spacial score (nSPS) is 39.2. The second-order valence-corrected chi connectivity index (χ2v) is 5.91. The van der Waals surface area contributed by atoms with Crippen LogP contribution in [0.15, 0.2) is 0 Å². The van der Waals surface area contributed by atoms with Gasteiger partial charge in [-0.1, -0.05) is 32.1 Å². The van der Waals surface area contributed by atoms with E-state index in [0.717, 1.165) is 18.1 Å². The van der Waals surface area contributed by atoms with Crippen LogP contribution in [0.25, 0.3) is 0 Å². The van der Waals surface area contributed by atoms with Crippen LogP contribution < -0.4 is 0 Å². The molecule has 0 atom stereocenters. The molecule has 2 aliphatic heterocycles. The molecule has 3 rings (SSSR count). The van der Waals surface area contributed by atoms with Crippen molar-refractivity contribution in [3.63, 3.8) is 0 Å². The van der Waals surface area contributed by atoms with Crippen LogP contribution >= 0.6 is 0 Å². The summed E-state index contributed by atoms with van der Waals surface area (Å²) in [7, 11) is 0. The number of fused-ring (bicyclic) bond motifs is 2. The Hall–Kier alpha value is -0.0400. The Morgan fingerprint density at radius 2 is 0.867 bits per heavy atom. The lowest BCUT2D eigenvalue weighted by Gasteiger charge is -2.51. The Labute approximate surface area is 94.2 Å². The maximum atomic E-state index is 2.98. The van der Waals surface area contributed by atoms with E-state index in [1.165, 1.54) is 70.6 Å². The highest BCUT2D eigenvalue weighted by molar-refractivity contribution is 4.93. The molecule has 2 bridgehead atoms. The van der Waals surface area contributed by atoms with Gasteiger partial charge in [0.25, 0.3) is 0 Å². The van der Waals surface area contributed by atoms with Crippen molar-refractivity contribution in [2.45, 2.75) is 88.8 Å². The number of piperidine rings is 2. The smallest absolute Gasteiger partial charge is 0.0101 e. The summed E-state index contributed by atoms with van der Waals surface area (Å²) in [6, 6.07) is 2.95. The molecule has 1 saturated carbocycles. The first kappa shape index (κ1) is 10.1. The number of nitrogens with zero attached hydrogens (tertiary/aromatic N) is 1. The largest absolute Gasteiger partial charge is 0.294 e. The highest BCUT2D eigenvalue weighted by Gasteiger charge is 2.37. The lowest BCUT2D eigenvalue weighted by atomic mass is 9.80. The fourth-order valence-corrected chi connectivity index (χ4v) is 4.34. The Bertz CT molecular complexity index is 185. The highest BCUT2D eigenvalue weighted by atomic mass is 15.2. The van der Waals surface area contributed by atoms with E-state index in [4.69, 9.17) is 0 Å². The fourth-order valence-electron chi connectivity index (χ4n) is 4.34. The van der Waals surface area contributed by atoms with Gasteiger partial charge >= 0.3 is 0 Å². The topological polar surface area (TPSA) is 3.24 Å². The summed E-state index contributed by atoms with van der Waals surface area (Å²) in [6.07, 6.45) is 16.6. The third kappa shape index (κ3) is 1.95. The zero-order valence-electron chi connectivity index (χ0n) is 9.96. The van der Waals surface area contributed by atoms with Crippen LogP contribution in [0.4, 0.5) is 0 Å². The summed E-state index contributed by atoms with van der Waals surface area (Å²) in [5.74, 6) is 0. The first-order valence-electron chi connectivity index (χ1n) is 7.22. The second-order valence-electron chi connectivity index (χ2n) is 5.91. The second kappa shape index (κ2) is 4.45. The van der Waals surface area contributed by atoms with E-state index in [9.17, 15) is 0 Å². The van der Waals surface area contributed by atoms with Gasteiger partial charge in [0, 0.05) is 18.1 Å². The first-order valence-corrected chi connectivity index (χ1v) is 7.22. The minimum Gasteiger partial charge on any atom is -0.294 e.